The minimum Gasteiger partial charge on any atom is -0.490 e. The van der Waals surface area contributed by atoms with Crippen LogP contribution in [0.25, 0.3) is 0 Å². The molecule has 0 aromatic heterocycles. The lowest BCUT2D eigenvalue weighted by molar-refractivity contribution is 0.0660. The van der Waals surface area contributed by atoms with E-state index in [9.17, 15) is 9.59 Å². The lowest BCUT2D eigenvalue weighted by atomic mass is 10.1. The van der Waals surface area contributed by atoms with Gasteiger partial charge >= 0.3 is 0 Å². The van der Waals surface area contributed by atoms with E-state index in [1.165, 1.54) is 6.21 Å². The highest BCUT2D eigenvalue weighted by atomic mass is 79.9. The number of hydrogen-bond donors (Lipinski definition) is 0. The van der Waals surface area contributed by atoms with Crippen molar-refractivity contribution in [2.24, 2.45) is 5.10 Å². The number of amides is 2. The first kappa shape index (κ1) is 22.0. The fraction of sp³-hybridized carbons (Fsp3) is 0.125. The Balaban J connectivity index is 1.57. The van der Waals surface area contributed by atoms with E-state index in [2.05, 4.69) is 21.0 Å². The third-order valence-corrected chi connectivity index (χ3v) is 5.84. The molecule has 1 aliphatic rings. The molecule has 4 rings (SSSR count). The molecule has 0 atom stereocenters. The summed E-state index contributed by atoms with van der Waals surface area (Å²) in [5, 5.41) is 5.61. The topological polar surface area (TPSA) is 68.2 Å². The van der Waals surface area contributed by atoms with Crippen LogP contribution in [0.5, 0.6) is 11.5 Å². The molecular weight excluding hydrogens is 496 g/mol. The van der Waals surface area contributed by atoms with Crippen molar-refractivity contribution in [1.29, 1.82) is 0 Å². The van der Waals surface area contributed by atoms with Gasteiger partial charge in [-0.05, 0) is 53.2 Å². The number of fused-ring (bicyclic) bond motifs is 1. The molecule has 8 heteroatoms. The summed E-state index contributed by atoms with van der Waals surface area (Å²) in [5.74, 6) is 0.119. The Hall–Kier alpha value is -3.16. The second-order valence-electron chi connectivity index (χ2n) is 6.85. The predicted octanol–water partition coefficient (Wildman–Crippen LogP) is 5.71. The first-order valence-corrected chi connectivity index (χ1v) is 11.0. The molecule has 0 aliphatic carbocycles. The highest BCUT2D eigenvalue weighted by Crippen LogP contribution is 2.34. The van der Waals surface area contributed by atoms with Crippen LogP contribution in [0, 0.1) is 0 Å². The molecule has 0 unspecified atom stereocenters. The second-order valence-corrected chi connectivity index (χ2v) is 8.11. The van der Waals surface area contributed by atoms with Crippen LogP contribution in [0.1, 0.15) is 38.8 Å². The van der Waals surface area contributed by atoms with Crippen LogP contribution < -0.4 is 9.47 Å². The largest absolute Gasteiger partial charge is 0.490 e. The van der Waals surface area contributed by atoms with E-state index >= 15 is 0 Å². The minimum absolute atomic E-state index is 0.272. The fourth-order valence-corrected chi connectivity index (χ4v) is 3.82. The van der Waals surface area contributed by atoms with Gasteiger partial charge in [-0.25, -0.2) is 0 Å². The van der Waals surface area contributed by atoms with Crippen molar-refractivity contribution in [2.75, 3.05) is 6.61 Å². The minimum atomic E-state index is -0.456. The standard InChI is InChI=1S/C24H18BrClN2O4/c1-2-31-21-11-16(13-27-28-23(29)17-8-4-5-9-18(17)24(28)30)19(25)12-22(21)32-14-15-7-3-6-10-20(15)26/h3-13H,2,14H2,1H3/b27-13-. The zero-order valence-electron chi connectivity index (χ0n) is 17.0. The molecule has 1 aliphatic heterocycles. The molecule has 32 heavy (non-hydrogen) atoms. The van der Waals surface area contributed by atoms with Crippen molar-refractivity contribution in [1.82, 2.24) is 5.01 Å². The highest BCUT2D eigenvalue weighted by molar-refractivity contribution is 9.10. The van der Waals surface area contributed by atoms with E-state index < -0.39 is 11.8 Å². The Morgan fingerprint density at radius 2 is 1.59 bits per heavy atom. The van der Waals surface area contributed by atoms with E-state index in [4.69, 9.17) is 21.1 Å². The van der Waals surface area contributed by atoms with Gasteiger partial charge in [-0.15, -0.1) is 0 Å². The third kappa shape index (κ3) is 4.40. The van der Waals surface area contributed by atoms with Crippen LogP contribution in [0.3, 0.4) is 0 Å². The number of hydrogen-bond acceptors (Lipinski definition) is 5. The average molecular weight is 514 g/mol. The van der Waals surface area contributed by atoms with Gasteiger partial charge in [0.1, 0.15) is 6.61 Å². The molecule has 2 amide bonds. The van der Waals surface area contributed by atoms with Gasteiger partial charge in [0.2, 0.25) is 0 Å². The molecular formula is C24H18BrClN2O4. The van der Waals surface area contributed by atoms with Gasteiger partial charge in [-0.3, -0.25) is 9.59 Å². The summed E-state index contributed by atoms with van der Waals surface area (Å²) in [7, 11) is 0. The summed E-state index contributed by atoms with van der Waals surface area (Å²) in [6.07, 6.45) is 1.44. The molecule has 0 bridgehead atoms. The molecule has 162 valence electrons. The number of nitrogens with zero attached hydrogens (tertiary/aromatic N) is 2. The predicted molar refractivity (Wildman–Crippen MR) is 126 cm³/mol. The maximum Gasteiger partial charge on any atom is 0.282 e. The molecule has 0 saturated carbocycles. The first-order valence-electron chi connectivity index (χ1n) is 9.84. The Labute approximate surface area is 198 Å². The Kier molecular flexibility index (Phi) is 6.58. The molecule has 6 nitrogen and oxygen atoms in total. The number of imide groups is 1. The molecule has 3 aromatic rings. The molecule has 3 aromatic carbocycles. The number of benzene rings is 3. The van der Waals surface area contributed by atoms with Crippen LogP contribution >= 0.6 is 27.5 Å². The average Bonchev–Trinajstić information content (AvgIpc) is 3.04. The summed E-state index contributed by atoms with van der Waals surface area (Å²) in [6.45, 7) is 2.57. The molecule has 1 heterocycles. The van der Waals surface area contributed by atoms with Crippen LogP contribution in [0.15, 0.2) is 70.2 Å². The van der Waals surface area contributed by atoms with Gasteiger partial charge in [0.25, 0.3) is 11.8 Å². The third-order valence-electron chi connectivity index (χ3n) is 4.79. The smallest absolute Gasteiger partial charge is 0.282 e. The van der Waals surface area contributed by atoms with E-state index in [1.807, 2.05) is 25.1 Å². The maximum atomic E-state index is 12.5. The first-order chi connectivity index (χ1) is 15.5. The second kappa shape index (κ2) is 9.54. The van der Waals surface area contributed by atoms with Crippen LogP contribution in [0.4, 0.5) is 0 Å². The van der Waals surface area contributed by atoms with Crippen molar-refractivity contribution < 1.29 is 19.1 Å². The quantitative estimate of drug-likeness (QED) is 0.300. The summed E-state index contributed by atoms with van der Waals surface area (Å²) >= 11 is 9.71. The molecule has 0 radical (unpaired) electrons. The van der Waals surface area contributed by atoms with Gasteiger partial charge in [0.15, 0.2) is 11.5 Å². The number of carbonyl (C=O) groups excluding carboxylic acids is 2. The van der Waals surface area contributed by atoms with Crippen molar-refractivity contribution in [2.45, 2.75) is 13.5 Å². The monoisotopic (exact) mass is 512 g/mol. The Morgan fingerprint density at radius 3 is 2.25 bits per heavy atom. The number of halogens is 2. The van der Waals surface area contributed by atoms with Crippen LogP contribution in [0.2, 0.25) is 5.02 Å². The SMILES string of the molecule is CCOc1cc(/C=N\N2C(=O)c3ccccc3C2=O)c(Br)cc1OCc1ccccc1Cl. The van der Waals surface area contributed by atoms with Crippen LogP contribution in [-0.4, -0.2) is 29.6 Å². The zero-order chi connectivity index (χ0) is 22.7. The summed E-state index contributed by atoms with van der Waals surface area (Å²) in [6, 6.07) is 17.6. The van der Waals surface area contributed by atoms with Gasteiger partial charge in [-0.1, -0.05) is 41.9 Å². The normalized spacial score (nSPS) is 13.0. The van der Waals surface area contributed by atoms with Gasteiger partial charge in [-0.2, -0.15) is 10.1 Å². The Morgan fingerprint density at radius 1 is 0.969 bits per heavy atom. The van der Waals surface area contributed by atoms with Crippen molar-refractivity contribution in [3.05, 3.63) is 92.4 Å². The number of carbonyl (C=O) groups is 2. The van der Waals surface area contributed by atoms with E-state index in [1.54, 1.807) is 42.5 Å². The summed E-state index contributed by atoms with van der Waals surface area (Å²) in [4.78, 5) is 25.0. The van der Waals surface area contributed by atoms with E-state index in [0.717, 1.165) is 10.6 Å². The number of rotatable bonds is 7. The van der Waals surface area contributed by atoms with Gasteiger partial charge in [0, 0.05) is 20.6 Å². The molecule has 0 saturated heterocycles. The van der Waals surface area contributed by atoms with Crippen LogP contribution in [-0.2, 0) is 6.61 Å². The molecule has 0 N–H and O–H groups in total. The Bertz CT molecular complexity index is 1190. The number of ether oxygens (including phenoxy) is 2. The van der Waals surface area contributed by atoms with Crippen molar-refractivity contribution >= 4 is 45.6 Å². The number of hydrazone groups is 1. The lowest BCUT2D eigenvalue weighted by Crippen LogP contribution is -2.24. The lowest BCUT2D eigenvalue weighted by Gasteiger charge is -2.14. The molecule has 0 fully saturated rings. The zero-order valence-corrected chi connectivity index (χ0v) is 19.4. The van der Waals surface area contributed by atoms with E-state index in [0.29, 0.717) is 44.3 Å². The van der Waals surface area contributed by atoms with Crippen molar-refractivity contribution in [3.8, 4) is 11.5 Å². The fourth-order valence-electron chi connectivity index (χ4n) is 3.20. The maximum absolute atomic E-state index is 12.5. The van der Waals surface area contributed by atoms with Crippen molar-refractivity contribution in [3.63, 3.8) is 0 Å². The van der Waals surface area contributed by atoms with Gasteiger partial charge < -0.3 is 9.47 Å². The van der Waals surface area contributed by atoms with Gasteiger partial charge in [0.05, 0.1) is 23.9 Å². The van der Waals surface area contributed by atoms with E-state index in [-0.39, 0.29) is 6.61 Å². The summed E-state index contributed by atoms with van der Waals surface area (Å²) < 4.78 is 12.3. The summed E-state index contributed by atoms with van der Waals surface area (Å²) in [5.41, 5.74) is 2.15. The highest BCUT2D eigenvalue weighted by Gasteiger charge is 2.35. The molecule has 0 spiro atoms.